The first-order valence-corrected chi connectivity index (χ1v) is 12.6. The Hall–Kier alpha value is -4.36. The number of para-hydroxylation sites is 1. The maximum absolute atomic E-state index is 2.44. The van der Waals surface area contributed by atoms with Gasteiger partial charge in [0.05, 0.1) is 5.69 Å². The van der Waals surface area contributed by atoms with Crippen LogP contribution in [0.25, 0.3) is 32.7 Å². The fourth-order valence-corrected chi connectivity index (χ4v) is 6.13. The molecule has 0 aliphatic heterocycles. The highest BCUT2D eigenvalue weighted by Gasteiger charge is 2.39. The first-order valence-electron chi connectivity index (χ1n) is 12.6. The van der Waals surface area contributed by atoms with E-state index in [4.69, 9.17) is 0 Å². The van der Waals surface area contributed by atoms with E-state index in [1.165, 1.54) is 55.2 Å². The molecule has 0 radical (unpaired) electrons. The van der Waals surface area contributed by atoms with Crippen LogP contribution < -0.4 is 4.90 Å². The summed E-state index contributed by atoms with van der Waals surface area (Å²) in [7, 11) is 0. The summed E-state index contributed by atoms with van der Waals surface area (Å²) >= 11 is 0. The van der Waals surface area contributed by atoms with Gasteiger partial charge in [-0.25, -0.2) is 0 Å². The zero-order chi connectivity index (χ0) is 24.3. The van der Waals surface area contributed by atoms with Crippen molar-refractivity contribution in [2.45, 2.75) is 19.3 Å². The van der Waals surface area contributed by atoms with Crippen LogP contribution in [0.4, 0.5) is 17.1 Å². The molecule has 0 spiro atoms. The maximum Gasteiger partial charge on any atom is 0.0549 e. The molecule has 172 valence electrons. The molecule has 1 aliphatic carbocycles. The Morgan fingerprint density at radius 2 is 1.19 bits per heavy atom. The second-order valence-electron chi connectivity index (χ2n) is 10.2. The molecule has 1 aliphatic rings. The van der Waals surface area contributed by atoms with Crippen LogP contribution in [0.5, 0.6) is 0 Å². The van der Waals surface area contributed by atoms with Gasteiger partial charge in [0.1, 0.15) is 0 Å². The number of hydrogen-bond acceptors (Lipinski definition) is 1. The molecular formula is C35H27N. The van der Waals surface area contributed by atoms with E-state index < -0.39 is 0 Å². The standard InChI is InChI=1S/C35H27N/c1-35(2)31-19-11-10-18-30(31)33-32(23-26-14-8-9-17-29(26)34(33)35)36(27-15-4-3-5-16-27)28-21-20-24-12-6-7-13-25(24)22-28/h3-23H,1-2H3. The van der Waals surface area contributed by atoms with E-state index in [-0.39, 0.29) is 5.41 Å². The van der Waals surface area contributed by atoms with Gasteiger partial charge in [0, 0.05) is 22.4 Å². The minimum Gasteiger partial charge on any atom is -0.310 e. The minimum absolute atomic E-state index is 0.0900. The fraction of sp³-hybridized carbons (Fsp3) is 0.0857. The molecule has 0 bridgehead atoms. The first kappa shape index (κ1) is 21.0. The topological polar surface area (TPSA) is 3.24 Å². The number of rotatable bonds is 3. The summed E-state index contributed by atoms with van der Waals surface area (Å²) in [6.45, 7) is 4.74. The molecule has 36 heavy (non-hydrogen) atoms. The van der Waals surface area contributed by atoms with Gasteiger partial charge in [-0.05, 0) is 68.6 Å². The fourth-order valence-electron chi connectivity index (χ4n) is 6.13. The SMILES string of the molecule is CC1(C)c2ccccc2-c2c(N(c3ccccc3)c3ccc4ccccc4c3)cc3ccccc3c21. The Kier molecular flexibility index (Phi) is 4.56. The summed E-state index contributed by atoms with van der Waals surface area (Å²) in [5, 5.41) is 5.11. The summed E-state index contributed by atoms with van der Waals surface area (Å²) < 4.78 is 0. The van der Waals surface area contributed by atoms with E-state index in [9.17, 15) is 0 Å². The summed E-state index contributed by atoms with van der Waals surface area (Å²) in [4.78, 5) is 2.44. The molecule has 0 amide bonds. The molecule has 1 nitrogen and oxygen atoms in total. The van der Waals surface area contributed by atoms with Gasteiger partial charge in [0.25, 0.3) is 0 Å². The van der Waals surface area contributed by atoms with E-state index in [1.54, 1.807) is 0 Å². The molecule has 0 aromatic heterocycles. The summed E-state index contributed by atoms with van der Waals surface area (Å²) in [5.41, 5.74) is 8.94. The van der Waals surface area contributed by atoms with E-state index in [0.29, 0.717) is 0 Å². The lowest BCUT2D eigenvalue weighted by molar-refractivity contribution is 0.666. The van der Waals surface area contributed by atoms with Crippen LogP contribution >= 0.6 is 0 Å². The van der Waals surface area contributed by atoms with Crippen molar-refractivity contribution in [2.75, 3.05) is 4.90 Å². The average molecular weight is 462 g/mol. The zero-order valence-electron chi connectivity index (χ0n) is 20.6. The number of benzene rings is 6. The van der Waals surface area contributed by atoms with Gasteiger partial charge in [-0.15, -0.1) is 0 Å². The predicted octanol–water partition coefficient (Wildman–Crippen LogP) is 9.77. The quantitative estimate of drug-likeness (QED) is 0.253. The Balaban J connectivity index is 1.61. The Morgan fingerprint density at radius 1 is 0.528 bits per heavy atom. The molecule has 1 heteroatoms. The van der Waals surface area contributed by atoms with E-state index >= 15 is 0 Å². The van der Waals surface area contributed by atoms with E-state index in [1.807, 2.05) is 0 Å². The minimum atomic E-state index is -0.0900. The molecule has 6 aromatic rings. The maximum atomic E-state index is 2.44. The van der Waals surface area contributed by atoms with Crippen molar-refractivity contribution in [2.24, 2.45) is 0 Å². The van der Waals surface area contributed by atoms with Gasteiger partial charge < -0.3 is 4.90 Å². The van der Waals surface area contributed by atoms with Crippen LogP contribution in [0.1, 0.15) is 25.0 Å². The lowest BCUT2D eigenvalue weighted by Gasteiger charge is -2.30. The van der Waals surface area contributed by atoms with Crippen LogP contribution in [0, 0.1) is 0 Å². The van der Waals surface area contributed by atoms with Gasteiger partial charge >= 0.3 is 0 Å². The van der Waals surface area contributed by atoms with Crippen molar-refractivity contribution in [3.63, 3.8) is 0 Å². The predicted molar refractivity (Wildman–Crippen MR) is 154 cm³/mol. The van der Waals surface area contributed by atoms with E-state index in [2.05, 4.69) is 146 Å². The smallest absolute Gasteiger partial charge is 0.0549 e. The van der Waals surface area contributed by atoms with Crippen LogP contribution in [0.3, 0.4) is 0 Å². The molecule has 0 N–H and O–H groups in total. The lowest BCUT2D eigenvalue weighted by atomic mass is 9.80. The Bertz CT molecular complexity index is 1760. The molecule has 0 atom stereocenters. The van der Waals surface area contributed by atoms with Crippen molar-refractivity contribution in [3.8, 4) is 11.1 Å². The van der Waals surface area contributed by atoms with E-state index in [0.717, 1.165) is 5.69 Å². The lowest BCUT2D eigenvalue weighted by Crippen LogP contribution is -2.16. The molecule has 0 heterocycles. The number of anilines is 3. The van der Waals surface area contributed by atoms with Gasteiger partial charge in [-0.1, -0.05) is 111 Å². The molecular weight excluding hydrogens is 434 g/mol. The second kappa shape index (κ2) is 7.83. The van der Waals surface area contributed by atoms with Crippen LogP contribution in [-0.4, -0.2) is 0 Å². The molecule has 7 rings (SSSR count). The highest BCUT2D eigenvalue weighted by molar-refractivity contribution is 6.06. The van der Waals surface area contributed by atoms with Crippen LogP contribution in [0.15, 0.2) is 127 Å². The van der Waals surface area contributed by atoms with Crippen molar-refractivity contribution < 1.29 is 0 Å². The highest BCUT2D eigenvalue weighted by atomic mass is 15.1. The summed E-state index contributed by atoms with van der Waals surface area (Å²) in [6, 6.07) is 46.3. The molecule has 0 saturated heterocycles. The molecule has 0 saturated carbocycles. The van der Waals surface area contributed by atoms with Crippen LogP contribution in [0.2, 0.25) is 0 Å². The second-order valence-corrected chi connectivity index (χ2v) is 10.2. The van der Waals surface area contributed by atoms with Gasteiger partial charge in [0.2, 0.25) is 0 Å². The Labute approximate surface area is 212 Å². The van der Waals surface area contributed by atoms with Gasteiger partial charge in [-0.3, -0.25) is 0 Å². The van der Waals surface area contributed by atoms with Crippen LogP contribution in [-0.2, 0) is 5.41 Å². The summed E-state index contributed by atoms with van der Waals surface area (Å²) in [5.74, 6) is 0. The summed E-state index contributed by atoms with van der Waals surface area (Å²) in [6.07, 6.45) is 0. The van der Waals surface area contributed by atoms with Gasteiger partial charge in [-0.2, -0.15) is 0 Å². The Morgan fingerprint density at radius 3 is 2.03 bits per heavy atom. The van der Waals surface area contributed by atoms with Crippen molar-refractivity contribution >= 4 is 38.6 Å². The number of nitrogens with zero attached hydrogens (tertiary/aromatic N) is 1. The third-order valence-electron chi connectivity index (χ3n) is 7.77. The first-order chi connectivity index (χ1) is 17.6. The third kappa shape index (κ3) is 3.03. The average Bonchev–Trinajstić information content (AvgIpc) is 3.17. The van der Waals surface area contributed by atoms with Crippen molar-refractivity contribution in [1.82, 2.24) is 0 Å². The normalized spacial score (nSPS) is 13.5. The highest BCUT2D eigenvalue weighted by Crippen LogP contribution is 2.56. The number of hydrogen-bond donors (Lipinski definition) is 0. The molecule has 6 aromatic carbocycles. The molecule has 0 fully saturated rings. The monoisotopic (exact) mass is 461 g/mol. The van der Waals surface area contributed by atoms with Crippen molar-refractivity contribution in [1.29, 1.82) is 0 Å². The van der Waals surface area contributed by atoms with Crippen molar-refractivity contribution in [3.05, 3.63) is 139 Å². The zero-order valence-corrected chi connectivity index (χ0v) is 20.6. The number of fused-ring (bicyclic) bond motifs is 6. The third-order valence-corrected chi connectivity index (χ3v) is 7.77. The molecule has 0 unspecified atom stereocenters. The van der Waals surface area contributed by atoms with Gasteiger partial charge in [0.15, 0.2) is 0 Å². The largest absolute Gasteiger partial charge is 0.310 e.